The summed E-state index contributed by atoms with van der Waals surface area (Å²) in [4.78, 5) is 33.9. The fourth-order valence-electron chi connectivity index (χ4n) is 2.60. The molecular weight excluding hydrogens is 310 g/mol. The maximum absolute atomic E-state index is 12.2. The standard InChI is InChI=1S/C16H19N5O3/c22-15-8-12(10-21(15)11-13-2-1-7-24-13)16(23)20-6-5-19-14-9-17-3-4-18-14/h1-4,7,9,12H,5-6,8,10-11H2,(H,18,19)(H,20,23)/t12-/m1/s1. The molecule has 24 heavy (non-hydrogen) atoms. The van der Waals surface area contributed by atoms with E-state index in [1.807, 2.05) is 6.07 Å². The Kier molecular flexibility index (Phi) is 5.05. The molecule has 126 valence electrons. The molecule has 0 unspecified atom stereocenters. The highest BCUT2D eigenvalue weighted by molar-refractivity contribution is 5.89. The highest BCUT2D eigenvalue weighted by Gasteiger charge is 2.34. The van der Waals surface area contributed by atoms with Gasteiger partial charge < -0.3 is 20.0 Å². The van der Waals surface area contributed by atoms with Gasteiger partial charge >= 0.3 is 0 Å². The van der Waals surface area contributed by atoms with Crippen LogP contribution in [-0.2, 0) is 16.1 Å². The molecule has 0 spiro atoms. The fourth-order valence-corrected chi connectivity index (χ4v) is 2.60. The molecule has 0 bridgehead atoms. The number of amides is 2. The summed E-state index contributed by atoms with van der Waals surface area (Å²) in [6.45, 7) is 1.83. The molecular formula is C16H19N5O3. The number of hydrogen-bond donors (Lipinski definition) is 2. The van der Waals surface area contributed by atoms with Crippen molar-refractivity contribution < 1.29 is 14.0 Å². The molecule has 1 aliphatic rings. The predicted octanol–water partition coefficient (Wildman–Crippen LogP) is 0.646. The maximum Gasteiger partial charge on any atom is 0.225 e. The fraction of sp³-hybridized carbons (Fsp3) is 0.375. The van der Waals surface area contributed by atoms with Gasteiger partial charge in [0.15, 0.2) is 0 Å². The van der Waals surface area contributed by atoms with Crippen molar-refractivity contribution in [3.8, 4) is 0 Å². The first kappa shape index (κ1) is 16.0. The minimum atomic E-state index is -0.316. The molecule has 0 aliphatic carbocycles. The Morgan fingerprint density at radius 3 is 3.04 bits per heavy atom. The van der Waals surface area contributed by atoms with Gasteiger partial charge in [0.25, 0.3) is 0 Å². The van der Waals surface area contributed by atoms with Crippen LogP contribution in [-0.4, -0.2) is 46.3 Å². The summed E-state index contributed by atoms with van der Waals surface area (Å²) < 4.78 is 5.25. The molecule has 0 saturated carbocycles. The van der Waals surface area contributed by atoms with E-state index in [9.17, 15) is 9.59 Å². The number of rotatable bonds is 7. The molecule has 1 fully saturated rings. The van der Waals surface area contributed by atoms with E-state index in [1.54, 1.807) is 35.8 Å². The van der Waals surface area contributed by atoms with Crippen LogP contribution in [0.1, 0.15) is 12.2 Å². The monoisotopic (exact) mass is 329 g/mol. The second kappa shape index (κ2) is 7.58. The molecule has 2 aromatic heterocycles. The third-order valence-electron chi connectivity index (χ3n) is 3.81. The van der Waals surface area contributed by atoms with Crippen LogP contribution < -0.4 is 10.6 Å². The zero-order chi connectivity index (χ0) is 16.8. The van der Waals surface area contributed by atoms with Gasteiger partial charge in [0.05, 0.1) is 24.9 Å². The van der Waals surface area contributed by atoms with Crippen LogP contribution in [0.3, 0.4) is 0 Å². The number of nitrogens with one attached hydrogen (secondary N) is 2. The number of hydrogen-bond acceptors (Lipinski definition) is 6. The van der Waals surface area contributed by atoms with E-state index in [0.717, 1.165) is 5.76 Å². The lowest BCUT2D eigenvalue weighted by molar-refractivity contribution is -0.129. The van der Waals surface area contributed by atoms with Crippen LogP contribution in [0.15, 0.2) is 41.4 Å². The van der Waals surface area contributed by atoms with Crippen molar-refractivity contribution in [2.75, 3.05) is 25.0 Å². The zero-order valence-corrected chi connectivity index (χ0v) is 13.1. The largest absolute Gasteiger partial charge is 0.467 e. The summed E-state index contributed by atoms with van der Waals surface area (Å²) in [7, 11) is 0. The minimum absolute atomic E-state index is 0.0239. The quantitative estimate of drug-likeness (QED) is 0.723. The van der Waals surface area contributed by atoms with Crippen LogP contribution in [0.5, 0.6) is 0 Å². The number of carbonyl (C=O) groups is 2. The van der Waals surface area contributed by atoms with Gasteiger partial charge in [0.2, 0.25) is 11.8 Å². The van der Waals surface area contributed by atoms with Gasteiger partial charge in [-0.15, -0.1) is 0 Å². The first-order valence-electron chi connectivity index (χ1n) is 7.80. The van der Waals surface area contributed by atoms with E-state index >= 15 is 0 Å². The lowest BCUT2D eigenvalue weighted by Gasteiger charge is -2.15. The van der Waals surface area contributed by atoms with Crippen molar-refractivity contribution in [3.63, 3.8) is 0 Å². The Morgan fingerprint density at radius 1 is 1.38 bits per heavy atom. The van der Waals surface area contributed by atoms with Crippen LogP contribution in [0.2, 0.25) is 0 Å². The maximum atomic E-state index is 12.2. The lowest BCUT2D eigenvalue weighted by atomic mass is 10.1. The zero-order valence-electron chi connectivity index (χ0n) is 13.1. The third-order valence-corrected chi connectivity index (χ3v) is 3.81. The predicted molar refractivity (Wildman–Crippen MR) is 85.8 cm³/mol. The second-order valence-electron chi connectivity index (χ2n) is 5.56. The third kappa shape index (κ3) is 4.09. The van der Waals surface area contributed by atoms with Crippen molar-refractivity contribution >= 4 is 17.6 Å². The highest BCUT2D eigenvalue weighted by atomic mass is 16.3. The molecule has 3 heterocycles. The topological polar surface area (TPSA) is 100 Å². The SMILES string of the molecule is O=C(NCCNc1cnccn1)[C@@H]1CC(=O)N(Cc2ccco2)C1. The van der Waals surface area contributed by atoms with Crippen LogP contribution >= 0.6 is 0 Å². The first-order chi connectivity index (χ1) is 11.7. The average Bonchev–Trinajstić information content (AvgIpc) is 3.23. The van der Waals surface area contributed by atoms with Gasteiger partial charge in [-0.3, -0.25) is 14.6 Å². The van der Waals surface area contributed by atoms with E-state index in [0.29, 0.717) is 32.0 Å². The van der Waals surface area contributed by atoms with Gasteiger partial charge in [-0.25, -0.2) is 4.98 Å². The van der Waals surface area contributed by atoms with E-state index in [4.69, 9.17) is 4.42 Å². The van der Waals surface area contributed by atoms with Crippen LogP contribution in [0.4, 0.5) is 5.82 Å². The Balaban J connectivity index is 1.40. The van der Waals surface area contributed by atoms with E-state index in [1.165, 1.54) is 0 Å². The summed E-state index contributed by atoms with van der Waals surface area (Å²) in [5.74, 6) is 0.935. The van der Waals surface area contributed by atoms with Crippen molar-refractivity contribution in [1.29, 1.82) is 0 Å². The molecule has 0 aromatic carbocycles. The molecule has 2 aromatic rings. The van der Waals surface area contributed by atoms with Crippen molar-refractivity contribution in [3.05, 3.63) is 42.7 Å². The molecule has 1 aliphatic heterocycles. The Hall–Kier alpha value is -2.90. The molecule has 1 atom stereocenters. The second-order valence-corrected chi connectivity index (χ2v) is 5.56. The summed E-state index contributed by atoms with van der Waals surface area (Å²) in [6.07, 6.45) is 6.62. The van der Waals surface area contributed by atoms with Crippen LogP contribution in [0, 0.1) is 5.92 Å². The average molecular weight is 329 g/mol. The van der Waals surface area contributed by atoms with Gasteiger partial charge in [-0.1, -0.05) is 0 Å². The van der Waals surface area contributed by atoms with Crippen molar-refractivity contribution in [2.24, 2.45) is 5.92 Å². The smallest absolute Gasteiger partial charge is 0.225 e. The molecule has 2 amide bonds. The number of carbonyl (C=O) groups excluding carboxylic acids is 2. The molecule has 0 radical (unpaired) electrons. The first-order valence-corrected chi connectivity index (χ1v) is 7.80. The Morgan fingerprint density at radius 2 is 2.29 bits per heavy atom. The summed E-state index contributed by atoms with van der Waals surface area (Å²) in [6, 6.07) is 3.60. The minimum Gasteiger partial charge on any atom is -0.467 e. The number of nitrogens with zero attached hydrogens (tertiary/aromatic N) is 3. The van der Waals surface area contributed by atoms with Gasteiger partial charge in [0.1, 0.15) is 11.6 Å². The Bertz CT molecular complexity index is 674. The molecule has 3 rings (SSSR count). The Labute approximate surface area is 139 Å². The van der Waals surface area contributed by atoms with Gasteiger partial charge in [-0.05, 0) is 12.1 Å². The van der Waals surface area contributed by atoms with Crippen molar-refractivity contribution in [2.45, 2.75) is 13.0 Å². The van der Waals surface area contributed by atoms with Gasteiger partial charge in [0, 0.05) is 38.4 Å². The normalized spacial score (nSPS) is 17.1. The summed E-state index contributed by atoms with van der Waals surface area (Å²) in [5, 5.41) is 5.90. The van der Waals surface area contributed by atoms with E-state index in [2.05, 4.69) is 20.6 Å². The van der Waals surface area contributed by atoms with E-state index < -0.39 is 0 Å². The molecule has 8 heteroatoms. The molecule has 1 saturated heterocycles. The number of aromatic nitrogens is 2. The van der Waals surface area contributed by atoms with Crippen molar-refractivity contribution in [1.82, 2.24) is 20.2 Å². The number of anilines is 1. The molecule has 2 N–H and O–H groups in total. The van der Waals surface area contributed by atoms with Gasteiger partial charge in [-0.2, -0.15) is 0 Å². The lowest BCUT2D eigenvalue weighted by Crippen LogP contribution is -2.35. The molecule has 8 nitrogen and oxygen atoms in total. The number of furan rings is 1. The summed E-state index contributed by atoms with van der Waals surface area (Å²) in [5.41, 5.74) is 0. The summed E-state index contributed by atoms with van der Waals surface area (Å²) >= 11 is 0. The van der Waals surface area contributed by atoms with Crippen LogP contribution in [0.25, 0.3) is 0 Å². The van der Waals surface area contributed by atoms with E-state index in [-0.39, 0.29) is 24.2 Å². The number of likely N-dealkylation sites (tertiary alicyclic amines) is 1. The highest BCUT2D eigenvalue weighted by Crippen LogP contribution is 2.20.